The molecule has 0 saturated carbocycles. The van der Waals surface area contributed by atoms with Crippen LogP contribution < -0.4 is 10.6 Å². The molecule has 0 spiro atoms. The Labute approximate surface area is 143 Å². The highest BCUT2D eigenvalue weighted by atomic mass is 16.5. The number of benzene rings is 2. The maximum absolute atomic E-state index is 11.8. The number of rotatable bonds is 3. The molecular weight excluding hydrogens is 300 g/mol. The first-order valence-electron chi connectivity index (χ1n) is 8.38. The van der Waals surface area contributed by atoms with Crippen molar-refractivity contribution in [2.24, 2.45) is 0 Å². The molecule has 0 radical (unpaired) electrons. The molecule has 0 bridgehead atoms. The topological polar surface area (TPSA) is 50.4 Å². The Morgan fingerprint density at radius 3 is 2.50 bits per heavy atom. The van der Waals surface area contributed by atoms with Crippen molar-refractivity contribution in [2.45, 2.75) is 26.0 Å². The van der Waals surface area contributed by atoms with Crippen molar-refractivity contribution in [2.75, 3.05) is 20.2 Å². The quantitative estimate of drug-likeness (QED) is 0.912. The van der Waals surface area contributed by atoms with Gasteiger partial charge >= 0.3 is 0 Å². The molecule has 0 aromatic heterocycles. The standard InChI is InChI=1S/C20H24N2O2/c1-13-12-17(8-9-18(13)20(23)21-3)15-4-6-16(7-5-15)19-14(2)22-10-11-24-19/h4-9,12,14,19,22H,10-11H2,1-3H3,(H,21,23)/t14-,19+/m0/s1. The average molecular weight is 324 g/mol. The van der Waals surface area contributed by atoms with Crippen LogP contribution in [0.1, 0.15) is 34.5 Å². The first kappa shape index (κ1) is 16.7. The second kappa shape index (κ2) is 7.16. The molecular formula is C20H24N2O2. The molecule has 1 amide bonds. The number of aryl methyl sites for hydroxylation is 1. The zero-order valence-corrected chi connectivity index (χ0v) is 14.4. The molecule has 2 aromatic carbocycles. The van der Waals surface area contributed by atoms with E-state index in [9.17, 15) is 4.79 Å². The van der Waals surface area contributed by atoms with Crippen molar-refractivity contribution >= 4 is 5.91 Å². The van der Waals surface area contributed by atoms with Gasteiger partial charge in [-0.05, 0) is 42.2 Å². The zero-order valence-electron chi connectivity index (χ0n) is 14.4. The average Bonchev–Trinajstić information content (AvgIpc) is 2.61. The molecule has 1 aliphatic rings. The van der Waals surface area contributed by atoms with E-state index in [1.807, 2.05) is 19.1 Å². The van der Waals surface area contributed by atoms with Crippen LogP contribution in [0.3, 0.4) is 0 Å². The lowest BCUT2D eigenvalue weighted by Crippen LogP contribution is -2.41. The van der Waals surface area contributed by atoms with Gasteiger partial charge in [0.05, 0.1) is 12.7 Å². The number of hydrogen-bond acceptors (Lipinski definition) is 3. The van der Waals surface area contributed by atoms with Gasteiger partial charge in [-0.1, -0.05) is 36.4 Å². The largest absolute Gasteiger partial charge is 0.371 e. The third-order valence-corrected chi connectivity index (χ3v) is 4.59. The second-order valence-electron chi connectivity index (χ2n) is 6.27. The van der Waals surface area contributed by atoms with Crippen LogP contribution in [0.2, 0.25) is 0 Å². The fourth-order valence-electron chi connectivity index (χ4n) is 3.21. The molecule has 1 heterocycles. The van der Waals surface area contributed by atoms with Crippen LogP contribution in [0.4, 0.5) is 0 Å². The van der Waals surface area contributed by atoms with Crippen molar-refractivity contribution in [3.8, 4) is 11.1 Å². The third-order valence-electron chi connectivity index (χ3n) is 4.59. The van der Waals surface area contributed by atoms with E-state index in [4.69, 9.17) is 4.74 Å². The van der Waals surface area contributed by atoms with Gasteiger partial charge in [0.25, 0.3) is 5.91 Å². The molecule has 4 heteroatoms. The summed E-state index contributed by atoms with van der Waals surface area (Å²) in [5.74, 6) is -0.0506. The molecule has 1 saturated heterocycles. The highest BCUT2D eigenvalue weighted by Crippen LogP contribution is 2.28. The van der Waals surface area contributed by atoms with Crippen molar-refractivity contribution in [1.82, 2.24) is 10.6 Å². The Morgan fingerprint density at radius 2 is 1.88 bits per heavy atom. The van der Waals surface area contributed by atoms with E-state index in [1.54, 1.807) is 7.05 Å². The molecule has 2 aromatic rings. The predicted octanol–water partition coefficient (Wildman–Crippen LogP) is 3.07. The lowest BCUT2D eigenvalue weighted by Gasteiger charge is -2.30. The van der Waals surface area contributed by atoms with Gasteiger partial charge in [0, 0.05) is 25.2 Å². The van der Waals surface area contributed by atoms with E-state index in [2.05, 4.69) is 47.9 Å². The van der Waals surface area contributed by atoms with Crippen LogP contribution in [-0.4, -0.2) is 32.1 Å². The summed E-state index contributed by atoms with van der Waals surface area (Å²) >= 11 is 0. The summed E-state index contributed by atoms with van der Waals surface area (Å²) < 4.78 is 5.89. The van der Waals surface area contributed by atoms with Gasteiger partial charge in [-0.15, -0.1) is 0 Å². The van der Waals surface area contributed by atoms with Crippen LogP contribution in [0.5, 0.6) is 0 Å². The van der Waals surface area contributed by atoms with E-state index in [0.717, 1.165) is 29.8 Å². The zero-order chi connectivity index (χ0) is 17.1. The predicted molar refractivity (Wildman–Crippen MR) is 96.2 cm³/mol. The molecule has 2 atom stereocenters. The number of carbonyl (C=O) groups excluding carboxylic acids is 1. The maximum atomic E-state index is 11.8. The number of morpholine rings is 1. The Bertz CT molecular complexity index is 725. The summed E-state index contributed by atoms with van der Waals surface area (Å²) in [6, 6.07) is 14.8. The number of hydrogen-bond donors (Lipinski definition) is 2. The van der Waals surface area contributed by atoms with Gasteiger partial charge in [-0.2, -0.15) is 0 Å². The van der Waals surface area contributed by atoms with Gasteiger partial charge < -0.3 is 15.4 Å². The summed E-state index contributed by atoms with van der Waals surface area (Å²) in [4.78, 5) is 11.8. The van der Waals surface area contributed by atoms with E-state index >= 15 is 0 Å². The lowest BCUT2D eigenvalue weighted by atomic mass is 9.96. The highest BCUT2D eigenvalue weighted by molar-refractivity contribution is 5.96. The van der Waals surface area contributed by atoms with E-state index in [0.29, 0.717) is 11.6 Å². The monoisotopic (exact) mass is 324 g/mol. The Kier molecular flexibility index (Phi) is 4.97. The third kappa shape index (κ3) is 3.35. The number of ether oxygens (including phenoxy) is 1. The summed E-state index contributed by atoms with van der Waals surface area (Å²) in [6.45, 7) is 5.77. The number of nitrogens with one attached hydrogen (secondary N) is 2. The summed E-state index contributed by atoms with van der Waals surface area (Å²) in [7, 11) is 1.65. The minimum atomic E-state index is -0.0506. The molecule has 24 heavy (non-hydrogen) atoms. The van der Waals surface area contributed by atoms with Crippen molar-refractivity contribution in [3.63, 3.8) is 0 Å². The molecule has 1 aliphatic heterocycles. The van der Waals surface area contributed by atoms with Crippen LogP contribution in [0, 0.1) is 6.92 Å². The van der Waals surface area contributed by atoms with Crippen LogP contribution >= 0.6 is 0 Å². The number of carbonyl (C=O) groups is 1. The highest BCUT2D eigenvalue weighted by Gasteiger charge is 2.23. The fraction of sp³-hybridized carbons (Fsp3) is 0.350. The van der Waals surface area contributed by atoms with Gasteiger partial charge in [-0.25, -0.2) is 0 Å². The summed E-state index contributed by atoms with van der Waals surface area (Å²) in [5.41, 5.74) is 5.14. The van der Waals surface area contributed by atoms with Gasteiger partial charge in [0.1, 0.15) is 0 Å². The lowest BCUT2D eigenvalue weighted by molar-refractivity contribution is -0.000215. The van der Waals surface area contributed by atoms with E-state index in [-0.39, 0.29) is 12.0 Å². The molecule has 4 nitrogen and oxygen atoms in total. The molecule has 1 fully saturated rings. The van der Waals surface area contributed by atoms with Gasteiger partial charge in [0.2, 0.25) is 0 Å². The molecule has 0 aliphatic carbocycles. The van der Waals surface area contributed by atoms with Crippen molar-refractivity contribution in [3.05, 3.63) is 59.2 Å². The Morgan fingerprint density at radius 1 is 1.17 bits per heavy atom. The van der Waals surface area contributed by atoms with Crippen LogP contribution in [-0.2, 0) is 4.74 Å². The van der Waals surface area contributed by atoms with Crippen molar-refractivity contribution < 1.29 is 9.53 Å². The first-order valence-corrected chi connectivity index (χ1v) is 8.38. The molecule has 0 unspecified atom stereocenters. The molecule has 2 N–H and O–H groups in total. The fourth-order valence-corrected chi connectivity index (χ4v) is 3.21. The Balaban J connectivity index is 1.83. The van der Waals surface area contributed by atoms with Crippen LogP contribution in [0.15, 0.2) is 42.5 Å². The Hall–Kier alpha value is -2.17. The normalized spacial score (nSPS) is 20.6. The maximum Gasteiger partial charge on any atom is 0.251 e. The summed E-state index contributed by atoms with van der Waals surface area (Å²) in [6.07, 6.45) is 0.102. The SMILES string of the molecule is CNC(=O)c1ccc(-c2ccc([C@@H]3OCCN[C@H]3C)cc2)cc1C. The molecule has 126 valence electrons. The van der Waals surface area contributed by atoms with E-state index in [1.165, 1.54) is 5.56 Å². The van der Waals surface area contributed by atoms with E-state index < -0.39 is 0 Å². The minimum absolute atomic E-state index is 0.0506. The molecule has 3 rings (SSSR count). The first-order chi connectivity index (χ1) is 11.6. The second-order valence-corrected chi connectivity index (χ2v) is 6.27. The minimum Gasteiger partial charge on any atom is -0.371 e. The van der Waals surface area contributed by atoms with Crippen molar-refractivity contribution in [1.29, 1.82) is 0 Å². The smallest absolute Gasteiger partial charge is 0.251 e. The summed E-state index contributed by atoms with van der Waals surface area (Å²) in [5, 5.41) is 6.11. The van der Waals surface area contributed by atoms with Gasteiger partial charge in [-0.3, -0.25) is 4.79 Å². The van der Waals surface area contributed by atoms with Gasteiger partial charge in [0.15, 0.2) is 0 Å². The van der Waals surface area contributed by atoms with Crippen LogP contribution in [0.25, 0.3) is 11.1 Å². The number of amides is 1.